The van der Waals surface area contributed by atoms with Gasteiger partial charge in [-0.2, -0.15) is 0 Å². The second-order valence-electron chi connectivity index (χ2n) is 5.75. The van der Waals surface area contributed by atoms with Crippen molar-refractivity contribution in [2.24, 2.45) is 0 Å². The maximum Gasteiger partial charge on any atom is 0.0820 e. The third-order valence-corrected chi connectivity index (χ3v) is 4.64. The third kappa shape index (κ3) is 2.08. The topological polar surface area (TPSA) is 29.5 Å². The van der Waals surface area contributed by atoms with E-state index in [1.54, 1.807) is 0 Å². The van der Waals surface area contributed by atoms with E-state index in [9.17, 15) is 5.11 Å². The van der Waals surface area contributed by atoms with Crippen molar-refractivity contribution < 1.29 is 9.84 Å². The molecule has 1 aliphatic heterocycles. The van der Waals surface area contributed by atoms with E-state index in [1.165, 1.54) is 24.8 Å². The predicted molar refractivity (Wildman–Crippen MR) is 71.6 cm³/mol. The van der Waals surface area contributed by atoms with Crippen LogP contribution in [0.3, 0.4) is 0 Å². The molecule has 2 nitrogen and oxygen atoms in total. The van der Waals surface area contributed by atoms with E-state index in [4.69, 9.17) is 4.74 Å². The highest BCUT2D eigenvalue weighted by atomic mass is 16.5. The molecule has 0 aromatic heterocycles. The van der Waals surface area contributed by atoms with Crippen LogP contribution in [0.1, 0.15) is 50.0 Å². The SMILES string of the molecule is OCC1CC(c2ccccc2)C2(CCCCC2)O1. The van der Waals surface area contributed by atoms with Gasteiger partial charge in [0.2, 0.25) is 0 Å². The van der Waals surface area contributed by atoms with Gasteiger partial charge in [-0.15, -0.1) is 0 Å². The molecule has 1 aromatic carbocycles. The number of benzene rings is 1. The molecule has 0 radical (unpaired) electrons. The number of aliphatic hydroxyl groups excluding tert-OH is 1. The predicted octanol–water partition coefficient (Wildman–Crippen LogP) is 3.25. The molecular weight excluding hydrogens is 224 g/mol. The molecule has 2 atom stereocenters. The highest BCUT2D eigenvalue weighted by Crippen LogP contribution is 2.50. The highest BCUT2D eigenvalue weighted by molar-refractivity contribution is 5.25. The molecule has 1 spiro atoms. The van der Waals surface area contributed by atoms with Gasteiger partial charge >= 0.3 is 0 Å². The summed E-state index contributed by atoms with van der Waals surface area (Å²) in [4.78, 5) is 0. The van der Waals surface area contributed by atoms with Crippen LogP contribution in [0.15, 0.2) is 30.3 Å². The maximum atomic E-state index is 9.42. The molecule has 0 bridgehead atoms. The van der Waals surface area contributed by atoms with Crippen molar-refractivity contribution in [1.29, 1.82) is 0 Å². The largest absolute Gasteiger partial charge is 0.394 e. The fourth-order valence-electron chi connectivity index (χ4n) is 3.79. The maximum absolute atomic E-state index is 9.42. The Morgan fingerprint density at radius 2 is 1.83 bits per heavy atom. The van der Waals surface area contributed by atoms with Gasteiger partial charge in [-0.25, -0.2) is 0 Å². The van der Waals surface area contributed by atoms with E-state index in [1.807, 2.05) is 0 Å². The van der Waals surface area contributed by atoms with Crippen LogP contribution in [0.4, 0.5) is 0 Å². The Morgan fingerprint density at radius 3 is 2.50 bits per heavy atom. The minimum Gasteiger partial charge on any atom is -0.394 e. The van der Waals surface area contributed by atoms with Crippen LogP contribution in [-0.4, -0.2) is 23.4 Å². The van der Waals surface area contributed by atoms with Gasteiger partial charge in [0.25, 0.3) is 0 Å². The number of hydrogen-bond donors (Lipinski definition) is 1. The van der Waals surface area contributed by atoms with Crippen LogP contribution in [0.5, 0.6) is 0 Å². The standard InChI is InChI=1S/C16H22O2/c17-12-14-11-15(13-7-3-1-4-8-13)16(18-14)9-5-2-6-10-16/h1,3-4,7-8,14-15,17H,2,5-6,9-12H2. The Kier molecular flexibility index (Phi) is 3.40. The first-order chi connectivity index (χ1) is 8.84. The molecule has 2 aliphatic rings. The lowest BCUT2D eigenvalue weighted by Crippen LogP contribution is -2.37. The summed E-state index contributed by atoms with van der Waals surface area (Å²) in [5.41, 5.74) is 1.39. The van der Waals surface area contributed by atoms with E-state index in [0.29, 0.717) is 5.92 Å². The molecule has 2 fully saturated rings. The van der Waals surface area contributed by atoms with Gasteiger partial charge in [-0.3, -0.25) is 0 Å². The van der Waals surface area contributed by atoms with Crippen molar-refractivity contribution in [3.63, 3.8) is 0 Å². The van der Waals surface area contributed by atoms with Crippen molar-refractivity contribution in [2.75, 3.05) is 6.61 Å². The quantitative estimate of drug-likeness (QED) is 0.868. The van der Waals surface area contributed by atoms with E-state index >= 15 is 0 Å². The monoisotopic (exact) mass is 246 g/mol. The highest BCUT2D eigenvalue weighted by Gasteiger charge is 2.48. The fraction of sp³-hybridized carbons (Fsp3) is 0.625. The fourth-order valence-corrected chi connectivity index (χ4v) is 3.79. The number of aliphatic hydroxyl groups is 1. The van der Waals surface area contributed by atoms with Gasteiger partial charge in [0.1, 0.15) is 0 Å². The third-order valence-electron chi connectivity index (χ3n) is 4.64. The average molecular weight is 246 g/mol. The van der Waals surface area contributed by atoms with Gasteiger partial charge in [-0.05, 0) is 24.8 Å². The Labute approximate surface area is 109 Å². The summed E-state index contributed by atoms with van der Waals surface area (Å²) in [5.74, 6) is 0.469. The zero-order valence-electron chi connectivity index (χ0n) is 10.8. The minimum atomic E-state index is 0.00694. The number of rotatable bonds is 2. The molecule has 1 saturated heterocycles. The van der Waals surface area contributed by atoms with Gasteiger partial charge in [0.15, 0.2) is 0 Å². The molecule has 1 aliphatic carbocycles. The van der Waals surface area contributed by atoms with Gasteiger partial charge < -0.3 is 9.84 Å². The number of ether oxygens (including phenoxy) is 1. The summed E-state index contributed by atoms with van der Waals surface area (Å²) in [7, 11) is 0. The second-order valence-corrected chi connectivity index (χ2v) is 5.75. The van der Waals surface area contributed by atoms with Crippen LogP contribution in [0.25, 0.3) is 0 Å². The van der Waals surface area contributed by atoms with Gasteiger partial charge in [0, 0.05) is 5.92 Å². The summed E-state index contributed by atoms with van der Waals surface area (Å²) in [6.45, 7) is 0.158. The first kappa shape index (κ1) is 12.2. The Morgan fingerprint density at radius 1 is 1.11 bits per heavy atom. The smallest absolute Gasteiger partial charge is 0.0820 e. The lowest BCUT2D eigenvalue weighted by atomic mass is 9.73. The molecule has 98 valence electrons. The van der Waals surface area contributed by atoms with Crippen molar-refractivity contribution in [3.05, 3.63) is 35.9 Å². The Balaban J connectivity index is 1.90. The van der Waals surface area contributed by atoms with Gasteiger partial charge in [-0.1, -0.05) is 49.6 Å². The zero-order valence-corrected chi connectivity index (χ0v) is 10.8. The zero-order chi connectivity index (χ0) is 12.4. The second kappa shape index (κ2) is 5.02. The first-order valence-electron chi connectivity index (χ1n) is 7.18. The van der Waals surface area contributed by atoms with Crippen LogP contribution in [-0.2, 0) is 4.74 Å². The average Bonchev–Trinajstić information content (AvgIpc) is 2.79. The Bertz CT molecular complexity index is 381. The van der Waals surface area contributed by atoms with Crippen LogP contribution in [0, 0.1) is 0 Å². The summed E-state index contributed by atoms with van der Waals surface area (Å²) in [5, 5.41) is 9.42. The molecule has 2 unspecified atom stereocenters. The molecule has 3 rings (SSSR count). The molecule has 1 heterocycles. The van der Waals surface area contributed by atoms with E-state index in [0.717, 1.165) is 19.3 Å². The Hall–Kier alpha value is -0.860. The molecule has 0 amide bonds. The van der Waals surface area contributed by atoms with Crippen LogP contribution >= 0.6 is 0 Å². The number of hydrogen-bond acceptors (Lipinski definition) is 2. The molecule has 18 heavy (non-hydrogen) atoms. The lowest BCUT2D eigenvalue weighted by molar-refractivity contribution is -0.0835. The van der Waals surface area contributed by atoms with Gasteiger partial charge in [0.05, 0.1) is 18.3 Å². The summed E-state index contributed by atoms with van der Waals surface area (Å²) >= 11 is 0. The normalized spacial score (nSPS) is 30.7. The molecular formula is C16H22O2. The van der Waals surface area contributed by atoms with E-state index in [2.05, 4.69) is 30.3 Å². The van der Waals surface area contributed by atoms with Crippen molar-refractivity contribution in [1.82, 2.24) is 0 Å². The molecule has 2 heteroatoms. The molecule has 1 saturated carbocycles. The minimum absolute atomic E-state index is 0.00694. The summed E-state index contributed by atoms with van der Waals surface area (Å²) in [6, 6.07) is 10.7. The van der Waals surface area contributed by atoms with Crippen molar-refractivity contribution in [2.45, 2.75) is 56.1 Å². The summed E-state index contributed by atoms with van der Waals surface area (Å²) < 4.78 is 6.26. The lowest BCUT2D eigenvalue weighted by Gasteiger charge is -2.38. The van der Waals surface area contributed by atoms with E-state index < -0.39 is 0 Å². The molecule has 1 N–H and O–H groups in total. The summed E-state index contributed by atoms with van der Waals surface area (Å²) in [6.07, 6.45) is 7.18. The van der Waals surface area contributed by atoms with Crippen molar-refractivity contribution in [3.8, 4) is 0 Å². The first-order valence-corrected chi connectivity index (χ1v) is 7.18. The van der Waals surface area contributed by atoms with Crippen LogP contribution in [0.2, 0.25) is 0 Å². The van der Waals surface area contributed by atoms with E-state index in [-0.39, 0.29) is 18.3 Å². The molecule has 1 aromatic rings. The van der Waals surface area contributed by atoms with Crippen LogP contribution < -0.4 is 0 Å². The van der Waals surface area contributed by atoms with Crippen molar-refractivity contribution >= 4 is 0 Å².